The third-order valence-corrected chi connectivity index (χ3v) is 3.37. The fourth-order valence-electron chi connectivity index (χ4n) is 2.13. The minimum Gasteiger partial charge on any atom is -0.381 e. The molecule has 0 spiro atoms. The standard InChI is InChI=1S/C12H24N2O2/c1-4-14(5-2)12(15)13-10(3)11-6-8-16-9-7-11/h10-11H,4-9H2,1-3H3,(H,13,15). The maximum Gasteiger partial charge on any atom is 0.317 e. The molecule has 4 heteroatoms. The van der Waals surface area contributed by atoms with Gasteiger partial charge in [-0.15, -0.1) is 0 Å². The van der Waals surface area contributed by atoms with Gasteiger partial charge in [0.1, 0.15) is 0 Å². The van der Waals surface area contributed by atoms with Crippen LogP contribution in [0.5, 0.6) is 0 Å². The molecule has 1 N–H and O–H groups in total. The van der Waals surface area contributed by atoms with Crippen LogP contribution in [0.3, 0.4) is 0 Å². The zero-order chi connectivity index (χ0) is 12.0. The number of nitrogens with zero attached hydrogens (tertiary/aromatic N) is 1. The van der Waals surface area contributed by atoms with Gasteiger partial charge in [0.25, 0.3) is 0 Å². The first-order chi connectivity index (χ1) is 7.69. The number of carbonyl (C=O) groups excluding carboxylic acids is 1. The van der Waals surface area contributed by atoms with E-state index in [4.69, 9.17) is 4.74 Å². The van der Waals surface area contributed by atoms with E-state index < -0.39 is 0 Å². The molecule has 1 heterocycles. The second-order valence-corrected chi connectivity index (χ2v) is 4.36. The van der Waals surface area contributed by atoms with E-state index in [0.29, 0.717) is 5.92 Å². The molecule has 1 fully saturated rings. The molecular formula is C12H24N2O2. The van der Waals surface area contributed by atoms with Gasteiger partial charge >= 0.3 is 6.03 Å². The Morgan fingerprint density at radius 2 is 1.94 bits per heavy atom. The third-order valence-electron chi connectivity index (χ3n) is 3.37. The van der Waals surface area contributed by atoms with Crippen molar-refractivity contribution in [2.75, 3.05) is 26.3 Å². The van der Waals surface area contributed by atoms with Crippen molar-refractivity contribution in [1.82, 2.24) is 10.2 Å². The van der Waals surface area contributed by atoms with E-state index in [-0.39, 0.29) is 12.1 Å². The molecule has 1 aliphatic heterocycles. The lowest BCUT2D eigenvalue weighted by atomic mass is 9.93. The summed E-state index contributed by atoms with van der Waals surface area (Å²) in [4.78, 5) is 13.7. The zero-order valence-corrected chi connectivity index (χ0v) is 10.7. The molecule has 0 aromatic carbocycles. The highest BCUT2D eigenvalue weighted by Crippen LogP contribution is 2.18. The van der Waals surface area contributed by atoms with E-state index in [1.165, 1.54) is 0 Å². The van der Waals surface area contributed by atoms with Crippen LogP contribution in [0, 0.1) is 5.92 Å². The van der Waals surface area contributed by atoms with Crippen LogP contribution in [-0.4, -0.2) is 43.3 Å². The van der Waals surface area contributed by atoms with E-state index in [1.54, 1.807) is 0 Å². The van der Waals surface area contributed by atoms with Crippen molar-refractivity contribution < 1.29 is 9.53 Å². The van der Waals surface area contributed by atoms with Crippen LogP contribution in [0.25, 0.3) is 0 Å². The van der Waals surface area contributed by atoms with Crippen molar-refractivity contribution in [3.8, 4) is 0 Å². The Balaban J connectivity index is 2.36. The van der Waals surface area contributed by atoms with Crippen LogP contribution in [0.4, 0.5) is 4.79 Å². The number of amides is 2. The molecule has 0 saturated carbocycles. The van der Waals surface area contributed by atoms with E-state index in [1.807, 2.05) is 18.7 Å². The summed E-state index contributed by atoms with van der Waals surface area (Å²) in [5.41, 5.74) is 0. The van der Waals surface area contributed by atoms with E-state index in [9.17, 15) is 4.79 Å². The van der Waals surface area contributed by atoms with Gasteiger partial charge in [-0.25, -0.2) is 4.79 Å². The smallest absolute Gasteiger partial charge is 0.317 e. The van der Waals surface area contributed by atoms with Crippen molar-refractivity contribution in [2.24, 2.45) is 5.92 Å². The normalized spacial score (nSPS) is 19.2. The minimum atomic E-state index is 0.0593. The number of nitrogens with one attached hydrogen (secondary N) is 1. The van der Waals surface area contributed by atoms with Gasteiger partial charge in [-0.05, 0) is 39.5 Å². The highest BCUT2D eigenvalue weighted by atomic mass is 16.5. The zero-order valence-electron chi connectivity index (χ0n) is 10.7. The van der Waals surface area contributed by atoms with Gasteiger partial charge in [0, 0.05) is 32.3 Å². The van der Waals surface area contributed by atoms with Crippen molar-refractivity contribution in [1.29, 1.82) is 0 Å². The van der Waals surface area contributed by atoms with Crippen LogP contribution in [-0.2, 0) is 4.74 Å². The fourth-order valence-corrected chi connectivity index (χ4v) is 2.13. The number of hydrogen-bond donors (Lipinski definition) is 1. The average molecular weight is 228 g/mol. The lowest BCUT2D eigenvalue weighted by Crippen LogP contribution is -2.47. The Bertz CT molecular complexity index is 211. The summed E-state index contributed by atoms with van der Waals surface area (Å²) >= 11 is 0. The summed E-state index contributed by atoms with van der Waals surface area (Å²) in [5.74, 6) is 0.563. The molecule has 2 amide bonds. The fraction of sp³-hybridized carbons (Fsp3) is 0.917. The number of carbonyl (C=O) groups is 1. The molecule has 1 atom stereocenters. The Morgan fingerprint density at radius 3 is 2.44 bits per heavy atom. The van der Waals surface area contributed by atoms with Crippen LogP contribution in [0.1, 0.15) is 33.6 Å². The molecule has 0 aliphatic carbocycles. The summed E-state index contributed by atoms with van der Waals surface area (Å²) in [6.45, 7) is 9.29. The van der Waals surface area contributed by atoms with Crippen molar-refractivity contribution in [2.45, 2.75) is 39.7 Å². The molecule has 0 bridgehead atoms. The number of rotatable bonds is 4. The van der Waals surface area contributed by atoms with E-state index >= 15 is 0 Å². The Kier molecular flexibility index (Phi) is 5.60. The number of urea groups is 1. The molecule has 1 rings (SSSR count). The van der Waals surface area contributed by atoms with Crippen molar-refractivity contribution in [3.63, 3.8) is 0 Å². The van der Waals surface area contributed by atoms with Crippen LogP contribution in [0.2, 0.25) is 0 Å². The van der Waals surface area contributed by atoms with Gasteiger partial charge in [-0.2, -0.15) is 0 Å². The Labute approximate surface area is 98.3 Å². The van der Waals surface area contributed by atoms with Crippen molar-refractivity contribution in [3.05, 3.63) is 0 Å². The molecule has 1 unspecified atom stereocenters. The van der Waals surface area contributed by atoms with Gasteiger partial charge in [-0.1, -0.05) is 0 Å². The SMILES string of the molecule is CCN(CC)C(=O)NC(C)C1CCOCC1. The maximum absolute atomic E-state index is 11.8. The first-order valence-corrected chi connectivity index (χ1v) is 6.32. The Hall–Kier alpha value is -0.770. The Morgan fingerprint density at radius 1 is 1.38 bits per heavy atom. The monoisotopic (exact) mass is 228 g/mol. The summed E-state index contributed by atoms with van der Waals surface area (Å²) < 4.78 is 5.32. The summed E-state index contributed by atoms with van der Waals surface area (Å²) in [6, 6.07) is 0.306. The van der Waals surface area contributed by atoms with E-state index in [2.05, 4.69) is 12.2 Å². The highest BCUT2D eigenvalue weighted by Gasteiger charge is 2.22. The molecule has 0 radical (unpaired) electrons. The average Bonchev–Trinajstić information content (AvgIpc) is 2.31. The molecule has 1 saturated heterocycles. The van der Waals surface area contributed by atoms with Crippen molar-refractivity contribution >= 4 is 6.03 Å². The van der Waals surface area contributed by atoms with Gasteiger partial charge in [0.15, 0.2) is 0 Å². The predicted octanol–water partition coefficient (Wildman–Crippen LogP) is 1.85. The van der Waals surface area contributed by atoms with E-state index in [0.717, 1.165) is 39.1 Å². The molecule has 0 aromatic heterocycles. The topological polar surface area (TPSA) is 41.6 Å². The largest absolute Gasteiger partial charge is 0.381 e. The quantitative estimate of drug-likeness (QED) is 0.798. The van der Waals surface area contributed by atoms with Gasteiger partial charge in [0.05, 0.1) is 0 Å². The second-order valence-electron chi connectivity index (χ2n) is 4.36. The molecule has 16 heavy (non-hydrogen) atoms. The summed E-state index contributed by atoms with van der Waals surface area (Å²) in [6.07, 6.45) is 2.11. The highest BCUT2D eigenvalue weighted by molar-refractivity contribution is 5.74. The van der Waals surface area contributed by atoms with Gasteiger partial charge in [0.2, 0.25) is 0 Å². The number of ether oxygens (including phenoxy) is 1. The minimum absolute atomic E-state index is 0.0593. The molecule has 94 valence electrons. The van der Waals surface area contributed by atoms with Crippen LogP contribution in [0.15, 0.2) is 0 Å². The van der Waals surface area contributed by atoms with Crippen LogP contribution >= 0.6 is 0 Å². The molecule has 1 aliphatic rings. The number of hydrogen-bond acceptors (Lipinski definition) is 2. The third kappa shape index (κ3) is 3.67. The van der Waals surface area contributed by atoms with Gasteiger partial charge in [-0.3, -0.25) is 0 Å². The summed E-state index contributed by atoms with van der Waals surface area (Å²) in [7, 11) is 0. The second kappa shape index (κ2) is 6.74. The lowest BCUT2D eigenvalue weighted by Gasteiger charge is -2.30. The first kappa shape index (κ1) is 13.3. The predicted molar refractivity (Wildman–Crippen MR) is 64.5 cm³/mol. The first-order valence-electron chi connectivity index (χ1n) is 6.32. The van der Waals surface area contributed by atoms with Crippen LogP contribution < -0.4 is 5.32 Å². The molecule has 4 nitrogen and oxygen atoms in total. The summed E-state index contributed by atoms with van der Waals surface area (Å²) in [5, 5.41) is 3.08. The lowest BCUT2D eigenvalue weighted by molar-refractivity contribution is 0.0563. The molecule has 0 aromatic rings. The van der Waals surface area contributed by atoms with Gasteiger partial charge < -0.3 is 15.0 Å². The molecular weight excluding hydrogens is 204 g/mol. The maximum atomic E-state index is 11.8.